The molecule has 11 heteroatoms. The highest BCUT2D eigenvalue weighted by Crippen LogP contribution is 2.35. The van der Waals surface area contributed by atoms with Gasteiger partial charge in [-0.1, -0.05) is 32.0 Å². The van der Waals surface area contributed by atoms with E-state index in [0.29, 0.717) is 23.2 Å². The Morgan fingerprint density at radius 3 is 2.61 bits per heavy atom. The second-order valence-corrected chi connectivity index (χ2v) is 10.5. The molecule has 5 rings (SSSR count). The van der Waals surface area contributed by atoms with Gasteiger partial charge in [0.05, 0.1) is 27.9 Å². The number of H-pyrrole nitrogens is 1. The molecule has 2 N–H and O–H groups in total. The Morgan fingerprint density at radius 2 is 1.94 bits per heavy atom. The van der Waals surface area contributed by atoms with Crippen LogP contribution in [0.25, 0.3) is 21.1 Å². The van der Waals surface area contributed by atoms with Crippen molar-refractivity contribution in [3.05, 3.63) is 66.8 Å². The van der Waals surface area contributed by atoms with Gasteiger partial charge in [-0.25, -0.2) is 9.86 Å². The predicted molar refractivity (Wildman–Crippen MR) is 136 cm³/mol. The number of rotatable bonds is 5. The fraction of sp³-hybridized carbons (Fsp3) is 0.360. The third-order valence-corrected chi connectivity index (χ3v) is 7.50. The topological polar surface area (TPSA) is 127 Å². The molecular weight excluding hydrogens is 484 g/mol. The number of carbonyl (C=O) groups excluding carboxylic acids is 2. The molecule has 1 amide bonds. The number of β-amino-alcohol motifs (C(OH)–C–C–N with tert-alkyl or cyclic N) is 1. The van der Waals surface area contributed by atoms with Gasteiger partial charge in [0, 0.05) is 30.2 Å². The lowest BCUT2D eigenvalue weighted by atomic mass is 10.0. The number of aliphatic hydroxyl groups is 1. The Labute approximate surface area is 209 Å². The van der Waals surface area contributed by atoms with Crippen LogP contribution in [0.15, 0.2) is 33.9 Å². The fourth-order valence-electron chi connectivity index (χ4n) is 4.64. The summed E-state index contributed by atoms with van der Waals surface area (Å²) in [6, 6.07) is 7.34. The summed E-state index contributed by atoms with van der Waals surface area (Å²) in [6.07, 6.45) is -0.879. The van der Waals surface area contributed by atoms with Crippen molar-refractivity contribution in [3.63, 3.8) is 0 Å². The highest BCUT2D eigenvalue weighted by molar-refractivity contribution is 7.21. The van der Waals surface area contributed by atoms with Gasteiger partial charge in [-0.3, -0.25) is 28.4 Å². The fourth-order valence-corrected chi connectivity index (χ4v) is 5.88. The number of para-hydroxylation sites is 1. The van der Waals surface area contributed by atoms with Crippen LogP contribution in [-0.4, -0.2) is 55.2 Å². The largest absolute Gasteiger partial charge is 0.389 e. The number of benzene rings is 1. The second-order valence-electron chi connectivity index (χ2n) is 9.45. The number of ketones is 1. The summed E-state index contributed by atoms with van der Waals surface area (Å²) >= 11 is 0.962. The number of hydroxylamine groups is 2. The number of aromatic amines is 1. The van der Waals surface area contributed by atoms with Gasteiger partial charge in [-0.15, -0.1) is 11.3 Å². The summed E-state index contributed by atoms with van der Waals surface area (Å²) in [6.45, 7) is 5.77. The van der Waals surface area contributed by atoms with Crippen molar-refractivity contribution in [2.75, 3.05) is 13.2 Å². The van der Waals surface area contributed by atoms with Gasteiger partial charge in [0.25, 0.3) is 11.5 Å². The maximum atomic E-state index is 14.1. The minimum Gasteiger partial charge on any atom is -0.389 e. The minimum absolute atomic E-state index is 0.00131. The summed E-state index contributed by atoms with van der Waals surface area (Å²) in [7, 11) is 1.36. The van der Waals surface area contributed by atoms with E-state index < -0.39 is 29.0 Å². The first-order valence-corrected chi connectivity index (χ1v) is 12.4. The standard InChI is InChI=1S/C25H26N4O6S/c1-12(2)9-28-24-19(22(32)27(4)25(28)34)18(23(33)29-10-14(30)11-35-29)21(36-24)20(31)17-13(3)26-16-8-6-5-7-15(16)17/h5-8,12,14,26,30H,9-11H2,1-4H3/t14-/m0/s1. The number of amides is 1. The SMILES string of the molecule is Cc1[nH]c2ccccc2c1C(=O)c1sc2c(c1C(=O)N1C[C@H](O)CO1)c(=O)n(C)c(=O)n2CC(C)C. The molecule has 1 aliphatic rings. The van der Waals surface area contributed by atoms with E-state index in [9.17, 15) is 24.3 Å². The zero-order valence-electron chi connectivity index (χ0n) is 20.3. The van der Waals surface area contributed by atoms with Crippen molar-refractivity contribution >= 4 is 44.1 Å². The van der Waals surface area contributed by atoms with E-state index in [0.717, 1.165) is 26.5 Å². The third-order valence-electron chi connectivity index (χ3n) is 6.29. The number of nitrogens with zero attached hydrogens (tertiary/aromatic N) is 3. The number of hydrogen-bond donors (Lipinski definition) is 2. The highest BCUT2D eigenvalue weighted by atomic mass is 32.1. The molecule has 0 aliphatic carbocycles. The van der Waals surface area contributed by atoms with Gasteiger partial charge < -0.3 is 10.1 Å². The third kappa shape index (κ3) is 3.71. The lowest BCUT2D eigenvalue weighted by Crippen LogP contribution is -2.39. The van der Waals surface area contributed by atoms with Gasteiger partial charge in [0.15, 0.2) is 0 Å². The lowest BCUT2D eigenvalue weighted by Gasteiger charge is -2.15. The highest BCUT2D eigenvalue weighted by Gasteiger charge is 2.36. The van der Waals surface area contributed by atoms with Crippen LogP contribution >= 0.6 is 11.3 Å². The Hall–Kier alpha value is -3.54. The summed E-state index contributed by atoms with van der Waals surface area (Å²) in [4.78, 5) is 63.0. The molecule has 36 heavy (non-hydrogen) atoms. The molecule has 4 aromatic rings. The van der Waals surface area contributed by atoms with Crippen molar-refractivity contribution in [2.45, 2.75) is 33.4 Å². The minimum atomic E-state index is -0.879. The van der Waals surface area contributed by atoms with Crippen LogP contribution in [0.4, 0.5) is 0 Å². The molecule has 10 nitrogen and oxygen atoms in total. The van der Waals surface area contributed by atoms with Crippen molar-refractivity contribution in [1.82, 2.24) is 19.2 Å². The van der Waals surface area contributed by atoms with Crippen LogP contribution in [-0.2, 0) is 18.4 Å². The smallest absolute Gasteiger partial charge is 0.331 e. The van der Waals surface area contributed by atoms with E-state index >= 15 is 0 Å². The molecule has 1 aromatic carbocycles. The van der Waals surface area contributed by atoms with Crippen LogP contribution in [0.3, 0.4) is 0 Å². The van der Waals surface area contributed by atoms with Crippen molar-refractivity contribution in [1.29, 1.82) is 0 Å². The Morgan fingerprint density at radius 1 is 1.22 bits per heavy atom. The first kappa shape index (κ1) is 24.2. The summed E-state index contributed by atoms with van der Waals surface area (Å²) in [5.74, 6) is -1.07. The number of thiophene rings is 1. The molecule has 0 radical (unpaired) electrons. The maximum absolute atomic E-state index is 14.1. The quantitative estimate of drug-likeness (QED) is 0.397. The van der Waals surface area contributed by atoms with E-state index in [2.05, 4.69) is 4.98 Å². The molecular formula is C25H26N4O6S. The number of aromatic nitrogens is 3. The molecule has 1 fully saturated rings. The zero-order chi connectivity index (χ0) is 25.9. The molecule has 4 heterocycles. The van der Waals surface area contributed by atoms with E-state index in [1.54, 1.807) is 6.92 Å². The number of aryl methyl sites for hydroxylation is 1. The van der Waals surface area contributed by atoms with E-state index in [1.807, 2.05) is 38.1 Å². The molecule has 1 saturated heterocycles. The Bertz CT molecular complexity index is 1660. The molecule has 0 saturated carbocycles. The number of nitrogens with one attached hydrogen (secondary N) is 1. The predicted octanol–water partition coefficient (Wildman–Crippen LogP) is 2.19. The van der Waals surface area contributed by atoms with Crippen LogP contribution in [0.1, 0.15) is 45.1 Å². The van der Waals surface area contributed by atoms with Gasteiger partial charge in [-0.2, -0.15) is 0 Å². The average Bonchev–Trinajstić information content (AvgIpc) is 3.53. The number of aliphatic hydroxyl groups excluding tert-OH is 1. The van der Waals surface area contributed by atoms with Gasteiger partial charge >= 0.3 is 5.69 Å². The number of hydrogen-bond acceptors (Lipinski definition) is 7. The number of fused-ring (bicyclic) bond motifs is 2. The van der Waals surface area contributed by atoms with Gasteiger partial charge in [-0.05, 0) is 18.9 Å². The number of carbonyl (C=O) groups is 2. The Kier molecular flexibility index (Phi) is 5.93. The van der Waals surface area contributed by atoms with Gasteiger partial charge in [0.1, 0.15) is 17.5 Å². The first-order chi connectivity index (χ1) is 17.1. The molecule has 1 atom stereocenters. The van der Waals surface area contributed by atoms with Crippen LogP contribution in [0, 0.1) is 12.8 Å². The van der Waals surface area contributed by atoms with E-state index in [1.165, 1.54) is 11.6 Å². The maximum Gasteiger partial charge on any atom is 0.331 e. The molecule has 188 valence electrons. The van der Waals surface area contributed by atoms with Crippen LogP contribution < -0.4 is 11.2 Å². The lowest BCUT2D eigenvalue weighted by molar-refractivity contribution is -0.0778. The van der Waals surface area contributed by atoms with Crippen molar-refractivity contribution in [3.8, 4) is 0 Å². The monoisotopic (exact) mass is 510 g/mol. The summed E-state index contributed by atoms with van der Waals surface area (Å²) in [5, 5.41) is 11.6. The molecule has 0 spiro atoms. The molecule has 0 bridgehead atoms. The van der Waals surface area contributed by atoms with Crippen LogP contribution in [0.5, 0.6) is 0 Å². The average molecular weight is 511 g/mol. The van der Waals surface area contributed by atoms with Gasteiger partial charge in [0.2, 0.25) is 5.78 Å². The second kappa shape index (κ2) is 8.84. The molecule has 1 aliphatic heterocycles. The van der Waals surface area contributed by atoms with E-state index in [4.69, 9.17) is 4.84 Å². The van der Waals surface area contributed by atoms with Crippen LogP contribution in [0.2, 0.25) is 0 Å². The zero-order valence-corrected chi connectivity index (χ0v) is 21.1. The van der Waals surface area contributed by atoms with E-state index in [-0.39, 0.29) is 39.7 Å². The first-order valence-electron chi connectivity index (χ1n) is 11.6. The summed E-state index contributed by atoms with van der Waals surface area (Å²) < 4.78 is 2.40. The molecule has 3 aromatic heterocycles. The summed E-state index contributed by atoms with van der Waals surface area (Å²) in [5.41, 5.74) is 0.490. The van der Waals surface area contributed by atoms with Crippen molar-refractivity contribution < 1.29 is 19.5 Å². The normalized spacial score (nSPS) is 16.1. The van der Waals surface area contributed by atoms with Crippen molar-refractivity contribution in [2.24, 2.45) is 13.0 Å². The molecule has 0 unspecified atom stereocenters. The Balaban J connectivity index is 1.84.